The summed E-state index contributed by atoms with van der Waals surface area (Å²) in [7, 11) is 1.09. The summed E-state index contributed by atoms with van der Waals surface area (Å²) >= 11 is 0.954. The first kappa shape index (κ1) is 35.8. The summed E-state index contributed by atoms with van der Waals surface area (Å²) in [6.45, 7) is 0.937. The Morgan fingerprint density at radius 2 is 1.60 bits per heavy atom. The number of nitrogens with zero attached hydrogens (tertiary/aromatic N) is 5. The smallest absolute Gasteiger partial charge is 0.415 e. The molecule has 4 rings (SSSR count). The predicted molar refractivity (Wildman–Crippen MR) is 179 cm³/mol. The number of non-ortho nitro benzene ring substituents is 1. The van der Waals surface area contributed by atoms with Crippen molar-refractivity contribution in [3.63, 3.8) is 0 Å². The van der Waals surface area contributed by atoms with Gasteiger partial charge in [-0.3, -0.25) is 24.1 Å². The average molecular weight is 703 g/mol. The quantitative estimate of drug-likeness (QED) is 0.141. The summed E-state index contributed by atoms with van der Waals surface area (Å²) in [6, 6.07) is 13.2. The van der Waals surface area contributed by atoms with Gasteiger partial charge in [0.05, 0.1) is 29.9 Å². The zero-order valence-corrected chi connectivity index (χ0v) is 28.2. The van der Waals surface area contributed by atoms with Gasteiger partial charge >= 0.3 is 6.09 Å². The number of rotatable bonds is 12. The van der Waals surface area contributed by atoms with E-state index in [0.29, 0.717) is 16.0 Å². The molecule has 17 heteroatoms. The van der Waals surface area contributed by atoms with Gasteiger partial charge in [0, 0.05) is 36.2 Å². The van der Waals surface area contributed by atoms with Gasteiger partial charge in [-0.1, -0.05) is 12.1 Å². The van der Waals surface area contributed by atoms with Crippen molar-refractivity contribution in [1.82, 2.24) is 9.88 Å². The second-order valence-corrected chi connectivity index (χ2v) is 13.7. The molecule has 2 heterocycles. The number of amides is 2. The maximum absolute atomic E-state index is 14.9. The second kappa shape index (κ2) is 14.8. The highest BCUT2D eigenvalue weighted by Crippen LogP contribution is 2.44. The second-order valence-electron chi connectivity index (χ2n) is 10.7. The van der Waals surface area contributed by atoms with Crippen molar-refractivity contribution in [2.45, 2.75) is 20.0 Å². The summed E-state index contributed by atoms with van der Waals surface area (Å²) in [5.41, 5.74) is 0.179. The van der Waals surface area contributed by atoms with Crippen LogP contribution in [0.25, 0.3) is 10.4 Å². The number of aromatic nitrogens is 1. The van der Waals surface area contributed by atoms with E-state index in [9.17, 15) is 36.9 Å². The molecule has 0 atom stereocenters. The minimum atomic E-state index is -3.69. The average Bonchev–Trinajstić information content (AvgIpc) is 3.38. The Labute approximate surface area is 279 Å². The SMILES string of the molecule is CCOC(=O)N(Cc1c(F)cccc1F)c1sc(-c2ccc([N+](=O)[O-])cc2)c(CN(C)C)c1C(=O)Nc1cccc(N(C)S(C)(=O)=O)n1. The molecule has 48 heavy (non-hydrogen) atoms. The molecule has 0 radical (unpaired) electrons. The van der Waals surface area contributed by atoms with Crippen LogP contribution in [0.5, 0.6) is 0 Å². The zero-order chi connectivity index (χ0) is 35.3. The van der Waals surface area contributed by atoms with Crippen LogP contribution in [0.2, 0.25) is 0 Å². The first-order chi connectivity index (χ1) is 22.6. The summed E-state index contributed by atoms with van der Waals surface area (Å²) in [5, 5.41) is 14.0. The predicted octanol–water partition coefficient (Wildman–Crippen LogP) is 5.87. The fourth-order valence-electron chi connectivity index (χ4n) is 4.59. The number of anilines is 3. The number of hydrogen-bond donors (Lipinski definition) is 1. The number of nitrogens with one attached hydrogen (secondary N) is 1. The monoisotopic (exact) mass is 702 g/mol. The van der Waals surface area contributed by atoms with Gasteiger partial charge < -0.3 is 15.0 Å². The topological polar surface area (TPSA) is 155 Å². The Kier molecular flexibility index (Phi) is 11.1. The van der Waals surface area contributed by atoms with Crippen LogP contribution in [-0.4, -0.2) is 69.2 Å². The van der Waals surface area contributed by atoms with Crippen molar-refractivity contribution in [3.8, 4) is 10.4 Å². The van der Waals surface area contributed by atoms with Crippen molar-refractivity contribution in [2.75, 3.05) is 48.5 Å². The third-order valence-electron chi connectivity index (χ3n) is 6.94. The van der Waals surface area contributed by atoms with Crippen LogP contribution >= 0.6 is 11.3 Å². The number of nitro benzene ring substituents is 1. The van der Waals surface area contributed by atoms with Gasteiger partial charge in [0.25, 0.3) is 11.6 Å². The Morgan fingerprint density at radius 3 is 2.17 bits per heavy atom. The molecule has 0 aliphatic rings. The van der Waals surface area contributed by atoms with E-state index in [1.54, 1.807) is 25.9 Å². The summed E-state index contributed by atoms with van der Waals surface area (Å²) in [4.78, 5) is 46.0. The maximum atomic E-state index is 14.9. The molecule has 2 aromatic heterocycles. The first-order valence-corrected chi connectivity index (χ1v) is 16.9. The zero-order valence-electron chi connectivity index (χ0n) is 26.6. The van der Waals surface area contributed by atoms with Gasteiger partial charge in [0.2, 0.25) is 10.0 Å². The molecule has 0 aliphatic heterocycles. The van der Waals surface area contributed by atoms with E-state index >= 15 is 0 Å². The van der Waals surface area contributed by atoms with E-state index in [1.807, 2.05) is 0 Å². The molecule has 1 N–H and O–H groups in total. The highest BCUT2D eigenvalue weighted by molar-refractivity contribution is 7.92. The van der Waals surface area contributed by atoms with E-state index in [4.69, 9.17) is 4.74 Å². The molecular weight excluding hydrogens is 671 g/mol. The van der Waals surface area contributed by atoms with Crippen LogP contribution in [-0.2, 0) is 27.8 Å². The fraction of sp³-hybridized carbons (Fsp3) is 0.258. The highest BCUT2D eigenvalue weighted by atomic mass is 32.2. The molecule has 0 spiro atoms. The molecule has 0 unspecified atom stereocenters. The van der Waals surface area contributed by atoms with Gasteiger partial charge in [-0.15, -0.1) is 11.3 Å². The van der Waals surface area contributed by atoms with Crippen molar-refractivity contribution in [3.05, 3.63) is 99.1 Å². The van der Waals surface area contributed by atoms with Crippen molar-refractivity contribution in [2.24, 2.45) is 0 Å². The number of halogens is 2. The molecule has 2 aromatic carbocycles. The lowest BCUT2D eigenvalue weighted by molar-refractivity contribution is -0.384. The summed E-state index contributed by atoms with van der Waals surface area (Å²) in [6.07, 6.45) is 0.00436. The minimum absolute atomic E-state index is 0.0177. The number of hydrogen-bond acceptors (Lipinski definition) is 10. The van der Waals surface area contributed by atoms with Crippen LogP contribution in [0, 0.1) is 21.7 Å². The van der Waals surface area contributed by atoms with E-state index in [-0.39, 0.29) is 41.0 Å². The normalized spacial score (nSPS) is 11.3. The number of carbonyl (C=O) groups excluding carboxylic acids is 2. The van der Waals surface area contributed by atoms with Crippen LogP contribution in [0.15, 0.2) is 60.7 Å². The Balaban J connectivity index is 1.96. The number of sulfonamides is 1. The van der Waals surface area contributed by atoms with Gasteiger partial charge in [-0.05, 0) is 68.5 Å². The molecule has 2 amide bonds. The number of nitro groups is 1. The molecule has 4 aromatic rings. The molecule has 0 fully saturated rings. The van der Waals surface area contributed by atoms with Crippen molar-refractivity contribution in [1.29, 1.82) is 0 Å². The number of ether oxygens (including phenoxy) is 1. The number of pyridine rings is 1. The summed E-state index contributed by atoms with van der Waals surface area (Å²) in [5.74, 6) is -2.63. The van der Waals surface area contributed by atoms with Crippen LogP contribution < -0.4 is 14.5 Å². The number of carbonyl (C=O) groups is 2. The van der Waals surface area contributed by atoms with Gasteiger partial charge in [0.15, 0.2) is 0 Å². The summed E-state index contributed by atoms with van der Waals surface area (Å²) < 4.78 is 60.3. The third-order valence-corrected chi connectivity index (χ3v) is 9.42. The number of benzene rings is 2. The molecule has 0 saturated heterocycles. The van der Waals surface area contributed by atoms with Crippen molar-refractivity contribution < 1.29 is 36.4 Å². The first-order valence-electron chi connectivity index (χ1n) is 14.3. The molecular formula is C31H32F2N6O7S2. The van der Waals surface area contributed by atoms with E-state index in [2.05, 4.69) is 10.3 Å². The largest absolute Gasteiger partial charge is 0.449 e. The molecule has 254 valence electrons. The maximum Gasteiger partial charge on any atom is 0.415 e. The Morgan fingerprint density at radius 1 is 0.979 bits per heavy atom. The molecule has 13 nitrogen and oxygen atoms in total. The molecule has 0 bridgehead atoms. The number of thiophene rings is 1. The van der Waals surface area contributed by atoms with Gasteiger partial charge in [-0.25, -0.2) is 27.0 Å². The van der Waals surface area contributed by atoms with E-state index < -0.39 is 50.7 Å². The van der Waals surface area contributed by atoms with Crippen LogP contribution in [0.3, 0.4) is 0 Å². The highest BCUT2D eigenvalue weighted by Gasteiger charge is 2.33. The lowest BCUT2D eigenvalue weighted by Gasteiger charge is -2.23. The van der Waals surface area contributed by atoms with Crippen molar-refractivity contribution >= 4 is 55.7 Å². The standard InChI is InChI=1S/C31H32F2N6O7S2/c1-6-46-31(41)38(18-21-23(32)9-7-10-24(21)33)30-27(29(40)35-25-11-8-12-26(34-25)37(4)48(5,44)45)22(17-36(2)3)28(47-30)19-13-15-20(16-14-19)39(42)43/h7-16H,6,17-18H2,1-5H3,(H,34,35,40). The molecule has 0 saturated carbocycles. The van der Waals surface area contributed by atoms with E-state index in [1.165, 1.54) is 55.6 Å². The van der Waals surface area contributed by atoms with E-state index in [0.717, 1.165) is 38.9 Å². The molecule has 0 aliphatic carbocycles. The fourth-order valence-corrected chi connectivity index (χ4v) is 6.34. The lowest BCUT2D eigenvalue weighted by Crippen LogP contribution is -2.33. The van der Waals surface area contributed by atoms with Crippen LogP contribution in [0.1, 0.15) is 28.4 Å². The Hall–Kier alpha value is -5.00. The van der Waals surface area contributed by atoms with Gasteiger partial charge in [-0.2, -0.15) is 0 Å². The third kappa shape index (κ3) is 8.10. The van der Waals surface area contributed by atoms with Crippen LogP contribution in [0.4, 0.5) is 35.9 Å². The minimum Gasteiger partial charge on any atom is -0.449 e. The lowest BCUT2D eigenvalue weighted by atomic mass is 10.0. The Bertz CT molecular complexity index is 1930. The van der Waals surface area contributed by atoms with Gasteiger partial charge in [0.1, 0.15) is 28.3 Å².